The summed E-state index contributed by atoms with van der Waals surface area (Å²) in [4.78, 5) is 0. The Morgan fingerprint density at radius 2 is 1.71 bits per heavy atom. The second-order valence-corrected chi connectivity index (χ2v) is 4.68. The molecule has 21 heavy (non-hydrogen) atoms. The van der Waals surface area contributed by atoms with Crippen molar-refractivity contribution >= 4 is 5.69 Å². The van der Waals surface area contributed by atoms with Crippen LogP contribution in [0, 0.1) is 18.6 Å². The number of alkyl halides is 3. The van der Waals surface area contributed by atoms with E-state index in [0.29, 0.717) is 11.3 Å². The van der Waals surface area contributed by atoms with Gasteiger partial charge in [-0.25, -0.2) is 8.78 Å². The summed E-state index contributed by atoms with van der Waals surface area (Å²) in [7, 11) is 0. The molecule has 0 saturated carbocycles. The fourth-order valence-corrected chi connectivity index (χ4v) is 1.94. The van der Waals surface area contributed by atoms with Gasteiger partial charge >= 0.3 is 6.18 Å². The minimum Gasteiger partial charge on any atom is -0.381 e. The van der Waals surface area contributed by atoms with Gasteiger partial charge in [-0.2, -0.15) is 13.2 Å². The molecule has 0 aliphatic heterocycles. The molecule has 1 nitrogen and oxygen atoms in total. The van der Waals surface area contributed by atoms with Crippen LogP contribution in [0.4, 0.5) is 27.6 Å². The van der Waals surface area contributed by atoms with Crippen LogP contribution < -0.4 is 5.32 Å². The molecule has 2 aromatic rings. The lowest BCUT2D eigenvalue weighted by molar-refractivity contribution is -0.140. The van der Waals surface area contributed by atoms with E-state index in [-0.39, 0.29) is 12.1 Å². The minimum absolute atomic E-state index is 0.0340. The van der Waals surface area contributed by atoms with E-state index in [9.17, 15) is 22.0 Å². The van der Waals surface area contributed by atoms with Crippen molar-refractivity contribution in [3.63, 3.8) is 0 Å². The first kappa shape index (κ1) is 15.3. The molecule has 112 valence electrons. The van der Waals surface area contributed by atoms with E-state index in [2.05, 4.69) is 5.32 Å². The molecule has 0 amide bonds. The molecule has 0 aliphatic rings. The van der Waals surface area contributed by atoms with Crippen molar-refractivity contribution in [3.8, 4) is 0 Å². The van der Waals surface area contributed by atoms with Crippen LogP contribution in [0.2, 0.25) is 0 Å². The van der Waals surface area contributed by atoms with Crippen molar-refractivity contribution in [1.29, 1.82) is 0 Å². The summed E-state index contributed by atoms with van der Waals surface area (Å²) in [5.41, 5.74) is 0.0841. The molecule has 0 saturated heterocycles. The van der Waals surface area contributed by atoms with Crippen molar-refractivity contribution < 1.29 is 22.0 Å². The van der Waals surface area contributed by atoms with Gasteiger partial charge in [0, 0.05) is 12.2 Å². The highest BCUT2D eigenvalue weighted by Gasteiger charge is 2.34. The molecule has 0 radical (unpaired) electrons. The highest BCUT2D eigenvalue weighted by Crippen LogP contribution is 2.32. The topological polar surface area (TPSA) is 12.0 Å². The van der Waals surface area contributed by atoms with Gasteiger partial charge in [0.25, 0.3) is 0 Å². The van der Waals surface area contributed by atoms with E-state index in [4.69, 9.17) is 0 Å². The van der Waals surface area contributed by atoms with Gasteiger partial charge in [-0.05, 0) is 48.4 Å². The number of halogens is 5. The predicted molar refractivity (Wildman–Crippen MR) is 69.9 cm³/mol. The maximum Gasteiger partial charge on any atom is 0.419 e. The maximum absolute atomic E-state index is 13.2. The van der Waals surface area contributed by atoms with Gasteiger partial charge in [0.15, 0.2) is 0 Å². The Kier molecular flexibility index (Phi) is 4.16. The summed E-state index contributed by atoms with van der Waals surface area (Å²) < 4.78 is 64.1. The third kappa shape index (κ3) is 3.93. The largest absolute Gasteiger partial charge is 0.419 e. The fraction of sp³-hybridized carbons (Fsp3) is 0.200. The van der Waals surface area contributed by atoms with Gasteiger partial charge < -0.3 is 5.32 Å². The highest BCUT2D eigenvalue weighted by molar-refractivity contribution is 5.46. The lowest BCUT2D eigenvalue weighted by atomic mass is 10.1. The van der Waals surface area contributed by atoms with Crippen LogP contribution in [-0.2, 0) is 12.7 Å². The molecular formula is C15H12F5N. The molecule has 0 fully saturated rings. The SMILES string of the molecule is Cc1cc(F)cc(NCc2ccc(F)c(C(F)(F)F)c2)c1. The fourth-order valence-electron chi connectivity index (χ4n) is 1.94. The first-order chi connectivity index (χ1) is 9.75. The van der Waals surface area contributed by atoms with Crippen LogP contribution in [0.5, 0.6) is 0 Å². The van der Waals surface area contributed by atoms with Crippen molar-refractivity contribution in [3.05, 3.63) is 64.7 Å². The Morgan fingerprint density at radius 3 is 2.33 bits per heavy atom. The molecule has 0 aromatic heterocycles. The van der Waals surface area contributed by atoms with Crippen LogP contribution in [0.15, 0.2) is 36.4 Å². The summed E-state index contributed by atoms with van der Waals surface area (Å²) in [6.45, 7) is 1.74. The van der Waals surface area contributed by atoms with Crippen LogP contribution in [-0.4, -0.2) is 0 Å². The van der Waals surface area contributed by atoms with Gasteiger partial charge in [0.1, 0.15) is 11.6 Å². The summed E-state index contributed by atoms with van der Waals surface area (Å²) in [5, 5.41) is 2.81. The Morgan fingerprint density at radius 1 is 1.00 bits per heavy atom. The number of benzene rings is 2. The van der Waals surface area contributed by atoms with E-state index in [1.807, 2.05) is 0 Å². The molecule has 0 unspecified atom stereocenters. The normalized spacial score (nSPS) is 11.5. The lowest BCUT2D eigenvalue weighted by Crippen LogP contribution is -2.10. The first-order valence-corrected chi connectivity index (χ1v) is 6.12. The molecule has 1 N–H and O–H groups in total. The third-order valence-corrected chi connectivity index (χ3v) is 2.87. The smallest absolute Gasteiger partial charge is 0.381 e. The first-order valence-electron chi connectivity index (χ1n) is 6.12. The minimum atomic E-state index is -4.74. The Hall–Kier alpha value is -2.11. The maximum atomic E-state index is 13.2. The van der Waals surface area contributed by atoms with Gasteiger partial charge in [0.2, 0.25) is 0 Å². The van der Waals surface area contributed by atoms with Crippen LogP contribution in [0.3, 0.4) is 0 Å². The summed E-state index contributed by atoms with van der Waals surface area (Å²) in [6.07, 6.45) is -4.74. The number of rotatable bonds is 3. The Balaban J connectivity index is 2.17. The van der Waals surface area contributed by atoms with Crippen LogP contribution in [0.1, 0.15) is 16.7 Å². The molecule has 0 aliphatic carbocycles. The molecular weight excluding hydrogens is 289 g/mol. The molecule has 6 heteroatoms. The zero-order valence-electron chi connectivity index (χ0n) is 11.1. The van der Waals surface area contributed by atoms with Crippen molar-refractivity contribution in [2.45, 2.75) is 19.6 Å². The Bertz CT molecular complexity index is 629. The second kappa shape index (κ2) is 5.71. The summed E-state index contributed by atoms with van der Waals surface area (Å²) in [5.74, 6) is -1.75. The van der Waals surface area contributed by atoms with Crippen molar-refractivity contribution in [2.75, 3.05) is 5.32 Å². The van der Waals surface area contributed by atoms with E-state index in [0.717, 1.165) is 12.1 Å². The quantitative estimate of drug-likeness (QED) is 0.795. The van der Waals surface area contributed by atoms with Crippen LogP contribution in [0.25, 0.3) is 0 Å². The van der Waals surface area contributed by atoms with Crippen molar-refractivity contribution in [2.24, 2.45) is 0 Å². The molecule has 2 aromatic carbocycles. The summed E-state index contributed by atoms with van der Waals surface area (Å²) in [6, 6.07) is 7.01. The van der Waals surface area contributed by atoms with Crippen LogP contribution >= 0.6 is 0 Å². The van der Waals surface area contributed by atoms with Gasteiger partial charge in [-0.15, -0.1) is 0 Å². The van der Waals surface area contributed by atoms with E-state index in [1.54, 1.807) is 13.0 Å². The van der Waals surface area contributed by atoms with E-state index in [1.165, 1.54) is 18.2 Å². The van der Waals surface area contributed by atoms with Gasteiger partial charge in [-0.3, -0.25) is 0 Å². The summed E-state index contributed by atoms with van der Waals surface area (Å²) >= 11 is 0. The molecule has 2 rings (SSSR count). The second-order valence-electron chi connectivity index (χ2n) is 4.68. The van der Waals surface area contributed by atoms with E-state index >= 15 is 0 Å². The molecule has 0 spiro atoms. The standard InChI is InChI=1S/C15H12F5N/c1-9-4-11(16)7-12(5-9)21-8-10-2-3-14(17)13(6-10)15(18,19)20/h2-7,21H,8H2,1H3. The number of hydrogen-bond acceptors (Lipinski definition) is 1. The zero-order valence-corrected chi connectivity index (χ0v) is 11.1. The van der Waals surface area contributed by atoms with Gasteiger partial charge in [0.05, 0.1) is 5.56 Å². The van der Waals surface area contributed by atoms with Gasteiger partial charge in [-0.1, -0.05) is 6.07 Å². The average Bonchev–Trinajstić information content (AvgIpc) is 2.35. The number of nitrogens with one attached hydrogen (secondary N) is 1. The predicted octanol–water partition coefficient (Wildman–Crippen LogP) is 4.90. The lowest BCUT2D eigenvalue weighted by Gasteiger charge is -2.11. The number of anilines is 1. The molecule has 0 atom stereocenters. The zero-order chi connectivity index (χ0) is 15.6. The molecule has 0 bridgehead atoms. The third-order valence-electron chi connectivity index (χ3n) is 2.87. The monoisotopic (exact) mass is 301 g/mol. The Labute approximate surface area is 118 Å². The number of hydrogen-bond donors (Lipinski definition) is 1. The highest BCUT2D eigenvalue weighted by atomic mass is 19.4. The average molecular weight is 301 g/mol. The van der Waals surface area contributed by atoms with Crippen molar-refractivity contribution in [1.82, 2.24) is 0 Å². The molecule has 0 heterocycles. The van der Waals surface area contributed by atoms with E-state index < -0.39 is 23.4 Å². The number of aryl methyl sites for hydroxylation is 1.